The van der Waals surface area contributed by atoms with Crippen molar-refractivity contribution in [3.05, 3.63) is 95.4 Å². The first-order chi connectivity index (χ1) is 22.6. The Hall–Kier alpha value is -4.56. The quantitative estimate of drug-likeness (QED) is 0.186. The molecule has 0 spiro atoms. The van der Waals surface area contributed by atoms with Crippen molar-refractivity contribution in [1.82, 2.24) is 24.3 Å². The van der Waals surface area contributed by atoms with Gasteiger partial charge in [-0.1, -0.05) is 59.8 Å². The molecule has 1 fully saturated rings. The van der Waals surface area contributed by atoms with Gasteiger partial charge in [-0.05, 0) is 61.7 Å². The summed E-state index contributed by atoms with van der Waals surface area (Å²) in [4.78, 5) is 26.4. The number of benzene rings is 3. The summed E-state index contributed by atoms with van der Waals surface area (Å²) in [5.41, 5.74) is 5.54. The van der Waals surface area contributed by atoms with Crippen LogP contribution in [-0.2, 0) is 18.3 Å². The van der Waals surface area contributed by atoms with E-state index in [-0.39, 0.29) is 6.09 Å². The predicted molar refractivity (Wildman–Crippen MR) is 187 cm³/mol. The van der Waals surface area contributed by atoms with Crippen molar-refractivity contribution in [1.29, 1.82) is 5.26 Å². The number of amides is 1. The number of nitriles is 1. The van der Waals surface area contributed by atoms with Crippen LogP contribution in [0.15, 0.2) is 89.3 Å². The molecule has 0 unspecified atom stereocenters. The molecule has 3 heterocycles. The zero-order valence-corrected chi connectivity index (χ0v) is 28.4. The number of carbonyl (C=O) groups excluding carboxylic acids is 1. The molecule has 11 heteroatoms. The number of hydrogen-bond donors (Lipinski definition) is 1. The third kappa shape index (κ3) is 7.71. The van der Waals surface area contributed by atoms with E-state index in [4.69, 9.17) is 16.3 Å². The third-order valence-corrected chi connectivity index (χ3v) is 9.46. The molecule has 5 aromatic rings. The number of rotatable bonds is 7. The Morgan fingerprint density at radius 3 is 2.43 bits per heavy atom. The number of hydrogen-bond acceptors (Lipinski definition) is 8. The number of halogens is 1. The standard InChI is InChI=1S/C36H36ClN7O2S/c1-36(2,3)46-35(45)44-17-15-43(16-18-44)23-24-5-7-25(8-6-24)26-9-11-29-31(19-26)40-22-27(21-38)33(29)41-28-10-12-32(30(37)20-28)47-34-39-13-14-42(34)4/h5-14,19-20,22H,15-18,23H2,1-4H3,(H,40,41). The fourth-order valence-corrected chi connectivity index (χ4v) is 6.53. The normalized spacial score (nSPS) is 13.8. The molecule has 3 aromatic carbocycles. The summed E-state index contributed by atoms with van der Waals surface area (Å²) in [7, 11) is 1.94. The van der Waals surface area contributed by atoms with Crippen LogP contribution in [0.2, 0.25) is 5.02 Å². The van der Waals surface area contributed by atoms with E-state index >= 15 is 0 Å². The number of piperazine rings is 1. The molecular formula is C36H36ClN7O2S. The number of ether oxygens (including phenoxy) is 1. The Kier molecular flexibility index (Phi) is 9.41. The fraction of sp³-hybridized carbons (Fsp3) is 0.278. The van der Waals surface area contributed by atoms with Crippen molar-refractivity contribution < 1.29 is 9.53 Å². The molecule has 6 rings (SSSR count). The van der Waals surface area contributed by atoms with Crippen LogP contribution >= 0.6 is 23.4 Å². The Bertz CT molecular complexity index is 1960. The number of nitrogens with one attached hydrogen (secondary N) is 1. The minimum atomic E-state index is -0.488. The van der Waals surface area contributed by atoms with Gasteiger partial charge in [0.2, 0.25) is 0 Å². The lowest BCUT2D eigenvalue weighted by Crippen LogP contribution is -2.49. The van der Waals surface area contributed by atoms with Crippen molar-refractivity contribution in [2.45, 2.75) is 43.0 Å². The third-order valence-electron chi connectivity index (χ3n) is 7.89. The summed E-state index contributed by atoms with van der Waals surface area (Å²) in [5.74, 6) is 0. The fourth-order valence-electron chi connectivity index (χ4n) is 5.42. The number of fused-ring (bicyclic) bond motifs is 1. The maximum absolute atomic E-state index is 12.4. The first-order valence-electron chi connectivity index (χ1n) is 15.4. The second kappa shape index (κ2) is 13.7. The minimum Gasteiger partial charge on any atom is -0.444 e. The molecule has 2 aromatic heterocycles. The second-order valence-electron chi connectivity index (χ2n) is 12.5. The number of nitrogens with zero attached hydrogens (tertiary/aromatic N) is 6. The van der Waals surface area contributed by atoms with Crippen LogP contribution in [0.25, 0.3) is 22.0 Å². The summed E-state index contributed by atoms with van der Waals surface area (Å²) in [6.45, 7) is 9.41. The molecule has 1 amide bonds. The predicted octanol–water partition coefficient (Wildman–Crippen LogP) is 8.11. The lowest BCUT2D eigenvalue weighted by molar-refractivity contribution is 0.0139. The van der Waals surface area contributed by atoms with Crippen LogP contribution in [0, 0.1) is 11.3 Å². The monoisotopic (exact) mass is 665 g/mol. The van der Waals surface area contributed by atoms with Crippen molar-refractivity contribution in [3.63, 3.8) is 0 Å². The highest BCUT2D eigenvalue weighted by molar-refractivity contribution is 7.99. The summed E-state index contributed by atoms with van der Waals surface area (Å²) in [6, 6.07) is 22.7. The van der Waals surface area contributed by atoms with E-state index in [1.807, 2.05) is 68.9 Å². The number of aryl methyl sites for hydroxylation is 1. The molecule has 9 nitrogen and oxygen atoms in total. The van der Waals surface area contributed by atoms with Gasteiger partial charge in [0.1, 0.15) is 11.7 Å². The van der Waals surface area contributed by atoms with Gasteiger partial charge in [0, 0.05) is 74.3 Å². The van der Waals surface area contributed by atoms with E-state index < -0.39 is 5.60 Å². The van der Waals surface area contributed by atoms with Crippen LogP contribution in [0.5, 0.6) is 0 Å². The molecule has 0 radical (unpaired) electrons. The summed E-state index contributed by atoms with van der Waals surface area (Å²) < 4.78 is 7.46. The molecule has 1 N–H and O–H groups in total. The van der Waals surface area contributed by atoms with Gasteiger partial charge in [0.15, 0.2) is 5.16 Å². The largest absolute Gasteiger partial charge is 0.444 e. The van der Waals surface area contributed by atoms with Gasteiger partial charge in [-0.15, -0.1) is 0 Å². The van der Waals surface area contributed by atoms with Crippen molar-refractivity contribution in [2.75, 3.05) is 31.5 Å². The van der Waals surface area contributed by atoms with E-state index in [9.17, 15) is 10.1 Å². The van der Waals surface area contributed by atoms with Crippen LogP contribution in [0.1, 0.15) is 31.9 Å². The highest BCUT2D eigenvalue weighted by Gasteiger charge is 2.26. The van der Waals surface area contributed by atoms with E-state index in [2.05, 4.69) is 56.6 Å². The Morgan fingerprint density at radius 2 is 1.77 bits per heavy atom. The van der Waals surface area contributed by atoms with Gasteiger partial charge in [-0.25, -0.2) is 9.78 Å². The highest BCUT2D eigenvalue weighted by atomic mass is 35.5. The summed E-state index contributed by atoms with van der Waals surface area (Å²) >= 11 is 8.14. The minimum absolute atomic E-state index is 0.243. The van der Waals surface area contributed by atoms with Crippen molar-refractivity contribution in [2.24, 2.45) is 7.05 Å². The molecule has 240 valence electrons. The van der Waals surface area contributed by atoms with Crippen molar-refractivity contribution >= 4 is 51.7 Å². The zero-order chi connectivity index (χ0) is 33.1. The first kappa shape index (κ1) is 32.4. The van der Waals surface area contributed by atoms with Gasteiger partial charge in [-0.3, -0.25) is 9.88 Å². The molecule has 1 aliphatic heterocycles. The Labute approximate surface area is 284 Å². The second-order valence-corrected chi connectivity index (χ2v) is 13.9. The molecule has 0 saturated carbocycles. The van der Waals surface area contributed by atoms with Gasteiger partial charge in [0.05, 0.1) is 21.8 Å². The van der Waals surface area contributed by atoms with E-state index in [0.29, 0.717) is 29.4 Å². The molecule has 47 heavy (non-hydrogen) atoms. The maximum atomic E-state index is 12.4. The molecular weight excluding hydrogens is 630 g/mol. The molecule has 0 atom stereocenters. The number of carbonyl (C=O) groups is 1. The molecule has 1 aliphatic rings. The van der Waals surface area contributed by atoms with Gasteiger partial charge in [0.25, 0.3) is 0 Å². The summed E-state index contributed by atoms with van der Waals surface area (Å²) in [6.07, 6.45) is 5.01. The lowest BCUT2D eigenvalue weighted by atomic mass is 10.0. The van der Waals surface area contributed by atoms with Crippen LogP contribution in [-0.4, -0.2) is 62.2 Å². The Balaban J connectivity index is 1.14. The van der Waals surface area contributed by atoms with Gasteiger partial charge in [-0.2, -0.15) is 5.26 Å². The number of anilines is 2. The lowest BCUT2D eigenvalue weighted by Gasteiger charge is -2.35. The van der Waals surface area contributed by atoms with E-state index in [0.717, 1.165) is 57.4 Å². The Morgan fingerprint density at radius 1 is 1.02 bits per heavy atom. The van der Waals surface area contributed by atoms with Crippen LogP contribution in [0.3, 0.4) is 0 Å². The molecule has 1 saturated heterocycles. The smallest absolute Gasteiger partial charge is 0.410 e. The number of pyridine rings is 1. The SMILES string of the molecule is Cn1ccnc1Sc1ccc(Nc2c(C#N)cnc3cc(-c4ccc(CN5CCN(C(=O)OC(C)(C)C)CC5)cc4)ccc23)cc1Cl. The van der Waals surface area contributed by atoms with Crippen LogP contribution in [0.4, 0.5) is 16.2 Å². The van der Waals surface area contributed by atoms with Gasteiger partial charge >= 0.3 is 6.09 Å². The van der Waals surface area contributed by atoms with E-state index in [1.165, 1.54) is 17.3 Å². The number of imidazole rings is 1. The first-order valence-corrected chi connectivity index (χ1v) is 16.6. The zero-order valence-electron chi connectivity index (χ0n) is 26.8. The summed E-state index contributed by atoms with van der Waals surface area (Å²) in [5, 5.41) is 15.6. The average molecular weight is 666 g/mol. The van der Waals surface area contributed by atoms with Crippen molar-refractivity contribution in [3.8, 4) is 17.2 Å². The van der Waals surface area contributed by atoms with Crippen LogP contribution < -0.4 is 5.32 Å². The van der Waals surface area contributed by atoms with Gasteiger partial charge < -0.3 is 19.5 Å². The van der Waals surface area contributed by atoms with E-state index in [1.54, 1.807) is 17.3 Å². The molecule has 0 aliphatic carbocycles. The highest BCUT2D eigenvalue weighted by Crippen LogP contribution is 2.36. The average Bonchev–Trinajstić information content (AvgIpc) is 3.46. The molecule has 0 bridgehead atoms. The number of aromatic nitrogens is 3. The maximum Gasteiger partial charge on any atom is 0.410 e. The topological polar surface area (TPSA) is 99.3 Å².